The Morgan fingerprint density at radius 3 is 2.48 bits per heavy atom. The summed E-state index contributed by atoms with van der Waals surface area (Å²) in [5, 5.41) is 3.48. The summed E-state index contributed by atoms with van der Waals surface area (Å²) in [5.41, 5.74) is 0.965. The van der Waals surface area contributed by atoms with Gasteiger partial charge in [-0.1, -0.05) is 19.3 Å². The average molecular weight is 410 g/mol. The van der Waals surface area contributed by atoms with E-state index in [4.69, 9.17) is 9.15 Å². The van der Waals surface area contributed by atoms with Gasteiger partial charge >= 0.3 is 6.18 Å². The Morgan fingerprint density at radius 1 is 1.14 bits per heavy atom. The first kappa shape index (κ1) is 21.1. The average Bonchev–Trinajstić information content (AvgIpc) is 3.19. The minimum Gasteiger partial charge on any atom is -0.484 e. The molecule has 0 bridgehead atoms. The van der Waals surface area contributed by atoms with Crippen LogP contribution in [0.5, 0.6) is 5.75 Å². The molecule has 0 radical (unpaired) electrons. The Bertz CT molecular complexity index is 754. The lowest BCUT2D eigenvalue weighted by Gasteiger charge is -2.24. The number of ether oxygens (including phenoxy) is 1. The van der Waals surface area contributed by atoms with Crippen molar-refractivity contribution in [1.29, 1.82) is 0 Å². The lowest BCUT2D eigenvalue weighted by molar-refractivity contribution is -0.164. The Morgan fingerprint density at radius 2 is 1.86 bits per heavy atom. The zero-order valence-corrected chi connectivity index (χ0v) is 16.1. The van der Waals surface area contributed by atoms with E-state index in [9.17, 15) is 18.0 Å². The van der Waals surface area contributed by atoms with Crippen LogP contribution in [0.25, 0.3) is 0 Å². The normalized spacial score (nSPS) is 15.1. The minimum atomic E-state index is -4.51. The fraction of sp³-hybridized carbons (Fsp3) is 0.476. The van der Waals surface area contributed by atoms with Gasteiger partial charge in [0.25, 0.3) is 5.91 Å². The Labute approximate surface area is 167 Å². The molecule has 29 heavy (non-hydrogen) atoms. The number of nitrogens with one attached hydrogen (secondary N) is 1. The highest BCUT2D eigenvalue weighted by atomic mass is 19.4. The van der Waals surface area contributed by atoms with Crippen molar-refractivity contribution in [3.05, 3.63) is 48.4 Å². The van der Waals surface area contributed by atoms with Crippen molar-refractivity contribution >= 4 is 11.6 Å². The SMILES string of the molecule is O=C(COc1ccc(NC2CCCCC2)cc1)N(Cc1ccco1)CC(F)(F)F. The molecule has 158 valence electrons. The van der Waals surface area contributed by atoms with Crippen LogP contribution in [0.1, 0.15) is 37.9 Å². The molecule has 1 aliphatic carbocycles. The fourth-order valence-corrected chi connectivity index (χ4v) is 3.41. The van der Waals surface area contributed by atoms with Crippen LogP contribution in [0.15, 0.2) is 47.1 Å². The number of carbonyl (C=O) groups excluding carboxylic acids is 1. The molecule has 1 amide bonds. The minimum absolute atomic E-state index is 0.265. The highest BCUT2D eigenvalue weighted by molar-refractivity contribution is 5.77. The molecular weight excluding hydrogens is 385 g/mol. The molecule has 8 heteroatoms. The van der Waals surface area contributed by atoms with Gasteiger partial charge in [0.05, 0.1) is 12.8 Å². The molecule has 0 unspecified atom stereocenters. The lowest BCUT2D eigenvalue weighted by Crippen LogP contribution is -2.40. The summed E-state index contributed by atoms with van der Waals surface area (Å²) in [6, 6.07) is 10.7. The predicted octanol–water partition coefficient (Wildman–Crippen LogP) is 4.99. The van der Waals surface area contributed by atoms with E-state index in [1.807, 2.05) is 12.1 Å². The van der Waals surface area contributed by atoms with Crippen molar-refractivity contribution in [1.82, 2.24) is 4.90 Å². The van der Waals surface area contributed by atoms with Crippen molar-refractivity contribution in [2.75, 3.05) is 18.5 Å². The van der Waals surface area contributed by atoms with Gasteiger partial charge in [-0.2, -0.15) is 13.2 Å². The third kappa shape index (κ3) is 7.03. The van der Waals surface area contributed by atoms with Gasteiger partial charge in [-0.05, 0) is 49.2 Å². The second kappa shape index (κ2) is 9.71. The molecule has 1 saturated carbocycles. The first-order chi connectivity index (χ1) is 13.9. The van der Waals surface area contributed by atoms with E-state index >= 15 is 0 Å². The van der Waals surface area contributed by atoms with Crippen LogP contribution in [0, 0.1) is 0 Å². The number of alkyl halides is 3. The van der Waals surface area contributed by atoms with Crippen LogP contribution in [0.2, 0.25) is 0 Å². The maximum atomic E-state index is 12.8. The van der Waals surface area contributed by atoms with Gasteiger partial charge in [0, 0.05) is 11.7 Å². The summed E-state index contributed by atoms with van der Waals surface area (Å²) in [5.74, 6) is -0.0543. The van der Waals surface area contributed by atoms with Crippen molar-refractivity contribution in [3.63, 3.8) is 0 Å². The van der Waals surface area contributed by atoms with Gasteiger partial charge < -0.3 is 19.4 Å². The first-order valence-corrected chi connectivity index (χ1v) is 9.75. The monoisotopic (exact) mass is 410 g/mol. The number of rotatable bonds is 8. The predicted molar refractivity (Wildman–Crippen MR) is 103 cm³/mol. The molecule has 0 aliphatic heterocycles. The van der Waals surface area contributed by atoms with Crippen molar-refractivity contribution in [2.45, 2.75) is 50.9 Å². The molecule has 1 aliphatic rings. The Kier molecular flexibility index (Phi) is 7.06. The van der Waals surface area contributed by atoms with Crippen molar-refractivity contribution < 1.29 is 27.1 Å². The van der Waals surface area contributed by atoms with Crippen LogP contribution in [-0.4, -0.2) is 36.2 Å². The van der Waals surface area contributed by atoms with Gasteiger partial charge in [-0.25, -0.2) is 0 Å². The highest BCUT2D eigenvalue weighted by Crippen LogP contribution is 2.23. The summed E-state index contributed by atoms with van der Waals surface area (Å²) in [4.78, 5) is 13.0. The number of carbonyl (C=O) groups is 1. The zero-order valence-electron chi connectivity index (χ0n) is 16.1. The third-order valence-electron chi connectivity index (χ3n) is 4.84. The quantitative estimate of drug-likeness (QED) is 0.666. The number of benzene rings is 1. The van der Waals surface area contributed by atoms with E-state index in [0.29, 0.717) is 16.7 Å². The van der Waals surface area contributed by atoms with Crippen LogP contribution in [0.3, 0.4) is 0 Å². The van der Waals surface area contributed by atoms with Gasteiger partial charge in [-0.3, -0.25) is 4.79 Å². The molecule has 0 spiro atoms. The molecule has 0 atom stereocenters. The molecular formula is C21H25F3N2O3. The number of furan rings is 1. The molecule has 1 aromatic carbocycles. The second-order valence-corrected chi connectivity index (χ2v) is 7.24. The van der Waals surface area contributed by atoms with Crippen LogP contribution >= 0.6 is 0 Å². The standard InChI is InChI=1S/C21H25F3N2O3/c22-21(23,24)15-26(13-19-7-4-12-28-19)20(27)14-29-18-10-8-17(9-11-18)25-16-5-2-1-3-6-16/h4,7-12,16,25H,1-3,5-6,13-15H2. The Hall–Kier alpha value is -2.64. The fourth-order valence-electron chi connectivity index (χ4n) is 3.41. The summed E-state index contributed by atoms with van der Waals surface area (Å²) in [6.07, 6.45) is 2.89. The number of hydrogen-bond donors (Lipinski definition) is 1. The molecule has 5 nitrogen and oxygen atoms in total. The number of hydrogen-bond acceptors (Lipinski definition) is 4. The van der Waals surface area contributed by atoms with E-state index < -0.39 is 25.2 Å². The van der Waals surface area contributed by atoms with Gasteiger partial charge in [0.1, 0.15) is 18.1 Å². The van der Waals surface area contributed by atoms with Crippen molar-refractivity contribution in [2.24, 2.45) is 0 Å². The Balaban J connectivity index is 1.52. The molecule has 1 N–H and O–H groups in total. The zero-order chi connectivity index (χ0) is 20.7. The first-order valence-electron chi connectivity index (χ1n) is 9.75. The maximum absolute atomic E-state index is 12.8. The van der Waals surface area contributed by atoms with E-state index in [2.05, 4.69) is 5.32 Å². The molecule has 1 aromatic heterocycles. The topological polar surface area (TPSA) is 54.7 Å². The number of halogens is 3. The summed E-state index contributed by atoms with van der Waals surface area (Å²) in [7, 11) is 0. The number of amides is 1. The number of anilines is 1. The summed E-state index contributed by atoms with van der Waals surface area (Å²) >= 11 is 0. The molecule has 1 heterocycles. The van der Waals surface area contributed by atoms with E-state index in [-0.39, 0.29) is 12.3 Å². The molecule has 3 rings (SSSR count). The third-order valence-corrected chi connectivity index (χ3v) is 4.84. The summed E-state index contributed by atoms with van der Waals surface area (Å²) < 4.78 is 48.9. The molecule has 0 saturated heterocycles. The van der Waals surface area contributed by atoms with E-state index in [0.717, 1.165) is 18.5 Å². The molecule has 2 aromatic rings. The maximum Gasteiger partial charge on any atom is 0.406 e. The van der Waals surface area contributed by atoms with Gasteiger partial charge in [0.2, 0.25) is 0 Å². The van der Waals surface area contributed by atoms with Gasteiger partial charge in [-0.15, -0.1) is 0 Å². The van der Waals surface area contributed by atoms with Crippen molar-refractivity contribution in [3.8, 4) is 5.75 Å². The van der Waals surface area contributed by atoms with Crippen LogP contribution in [-0.2, 0) is 11.3 Å². The summed E-state index contributed by atoms with van der Waals surface area (Å²) in [6.45, 7) is -2.11. The highest BCUT2D eigenvalue weighted by Gasteiger charge is 2.33. The largest absolute Gasteiger partial charge is 0.484 e. The van der Waals surface area contributed by atoms with Gasteiger partial charge in [0.15, 0.2) is 6.61 Å². The van der Waals surface area contributed by atoms with E-state index in [1.54, 1.807) is 18.2 Å². The number of nitrogens with zero attached hydrogens (tertiary/aromatic N) is 1. The van der Waals surface area contributed by atoms with Crippen LogP contribution in [0.4, 0.5) is 18.9 Å². The van der Waals surface area contributed by atoms with E-state index in [1.165, 1.54) is 31.6 Å². The van der Waals surface area contributed by atoms with Crippen LogP contribution < -0.4 is 10.1 Å². The second-order valence-electron chi connectivity index (χ2n) is 7.24. The smallest absolute Gasteiger partial charge is 0.406 e. The molecule has 1 fully saturated rings. The lowest BCUT2D eigenvalue weighted by atomic mass is 9.95.